The third kappa shape index (κ3) is 3.57. The zero-order valence-corrected chi connectivity index (χ0v) is 17.3. The molecule has 4 nitrogen and oxygen atoms in total. The van der Waals surface area contributed by atoms with Gasteiger partial charge in [0.25, 0.3) is 0 Å². The quantitative estimate of drug-likeness (QED) is 0.391. The monoisotopic (exact) mass is 431 g/mol. The molecule has 2 amide bonds. The third-order valence-electron chi connectivity index (χ3n) is 5.53. The van der Waals surface area contributed by atoms with Crippen molar-refractivity contribution < 1.29 is 9.18 Å². The molecule has 0 aliphatic carbocycles. The molecule has 1 atom stereocenters. The van der Waals surface area contributed by atoms with Gasteiger partial charge in [0.2, 0.25) is 0 Å². The number of benzene rings is 3. The molecule has 1 aromatic heterocycles. The first kappa shape index (κ1) is 19.4. The van der Waals surface area contributed by atoms with Gasteiger partial charge in [-0.05, 0) is 53.6 Å². The second-order valence-corrected chi connectivity index (χ2v) is 7.86. The van der Waals surface area contributed by atoms with Crippen LogP contribution in [0.1, 0.15) is 22.9 Å². The molecule has 154 valence electrons. The van der Waals surface area contributed by atoms with E-state index in [4.69, 9.17) is 11.6 Å². The van der Waals surface area contributed by atoms with E-state index in [0.29, 0.717) is 11.6 Å². The van der Waals surface area contributed by atoms with E-state index >= 15 is 0 Å². The van der Waals surface area contributed by atoms with E-state index in [1.165, 1.54) is 6.07 Å². The molecule has 0 radical (unpaired) electrons. The first-order valence-electron chi connectivity index (χ1n) is 9.95. The highest BCUT2D eigenvalue weighted by Crippen LogP contribution is 2.37. The second-order valence-electron chi connectivity index (χ2n) is 7.42. The number of fused-ring (bicyclic) bond motifs is 3. The minimum atomic E-state index is -0.475. The fourth-order valence-electron chi connectivity index (χ4n) is 4.08. The van der Waals surface area contributed by atoms with Crippen molar-refractivity contribution in [2.75, 3.05) is 5.32 Å². The summed E-state index contributed by atoms with van der Waals surface area (Å²) in [5.74, 6) is -0.475. The smallest absolute Gasteiger partial charge is 0.318 e. The van der Waals surface area contributed by atoms with Gasteiger partial charge in [0.15, 0.2) is 0 Å². The number of para-hydroxylation sites is 2. The second kappa shape index (κ2) is 7.93. The maximum absolute atomic E-state index is 14.2. The van der Waals surface area contributed by atoms with Crippen molar-refractivity contribution in [1.82, 2.24) is 9.47 Å². The van der Waals surface area contributed by atoms with Crippen LogP contribution in [0.2, 0.25) is 5.02 Å². The van der Waals surface area contributed by atoms with Crippen molar-refractivity contribution in [3.63, 3.8) is 0 Å². The Balaban J connectivity index is 1.64. The summed E-state index contributed by atoms with van der Waals surface area (Å²) in [5.41, 5.74) is 4.02. The number of carbonyl (C=O) groups is 1. The number of nitrogens with one attached hydrogen (secondary N) is 1. The van der Waals surface area contributed by atoms with Crippen LogP contribution in [0.4, 0.5) is 14.9 Å². The largest absolute Gasteiger partial charge is 0.323 e. The lowest BCUT2D eigenvalue weighted by atomic mass is 10.0. The Morgan fingerprint density at radius 1 is 0.935 bits per heavy atom. The number of carbonyl (C=O) groups excluding carboxylic acids is 1. The van der Waals surface area contributed by atoms with Gasteiger partial charge in [-0.2, -0.15) is 0 Å². The van der Waals surface area contributed by atoms with E-state index in [1.807, 2.05) is 66.9 Å². The normalized spacial score (nSPS) is 15.0. The predicted octanol–water partition coefficient (Wildman–Crippen LogP) is 6.41. The van der Waals surface area contributed by atoms with E-state index in [1.54, 1.807) is 23.1 Å². The Labute approximate surface area is 184 Å². The van der Waals surface area contributed by atoms with E-state index in [2.05, 4.69) is 9.88 Å². The molecule has 0 spiro atoms. The van der Waals surface area contributed by atoms with Crippen LogP contribution in [0.3, 0.4) is 0 Å². The van der Waals surface area contributed by atoms with Gasteiger partial charge >= 0.3 is 6.03 Å². The van der Waals surface area contributed by atoms with Gasteiger partial charge in [-0.25, -0.2) is 9.18 Å². The number of nitrogens with zero attached hydrogens (tertiary/aromatic N) is 2. The summed E-state index contributed by atoms with van der Waals surface area (Å²) < 4.78 is 16.3. The number of halogens is 2. The van der Waals surface area contributed by atoms with Gasteiger partial charge in [0.05, 0.1) is 24.0 Å². The Bertz CT molecular complexity index is 1250. The van der Waals surface area contributed by atoms with Crippen LogP contribution < -0.4 is 5.32 Å². The molecule has 1 N–H and O–H groups in total. The fraction of sp³-hybridized carbons (Fsp3) is 0.0800. The maximum Gasteiger partial charge on any atom is 0.323 e. The first-order valence-corrected chi connectivity index (χ1v) is 10.3. The van der Waals surface area contributed by atoms with Crippen LogP contribution in [0, 0.1) is 5.82 Å². The van der Waals surface area contributed by atoms with Crippen LogP contribution >= 0.6 is 11.6 Å². The molecule has 0 saturated carbocycles. The summed E-state index contributed by atoms with van der Waals surface area (Å²) in [6.07, 6.45) is 2.00. The van der Waals surface area contributed by atoms with Gasteiger partial charge in [-0.15, -0.1) is 0 Å². The standard InChI is InChI=1S/C25H19ClFN3O/c26-19-13-11-17(12-14-19)24-23-10-5-15-29(23)22-9-4-1-6-18(22)16-30(24)25(31)28-21-8-3-2-7-20(21)27/h1-15,24H,16H2,(H,28,31)/t24-/m0/s1. The zero-order chi connectivity index (χ0) is 21.4. The molecule has 1 aliphatic rings. The van der Waals surface area contributed by atoms with Gasteiger partial charge in [-0.3, -0.25) is 0 Å². The number of aromatic nitrogens is 1. The van der Waals surface area contributed by atoms with Gasteiger partial charge < -0.3 is 14.8 Å². The number of hydrogen-bond donors (Lipinski definition) is 1. The van der Waals surface area contributed by atoms with Crippen LogP contribution in [0.25, 0.3) is 5.69 Å². The molecule has 0 fully saturated rings. The lowest BCUT2D eigenvalue weighted by Gasteiger charge is -2.31. The van der Waals surface area contributed by atoms with E-state index < -0.39 is 5.82 Å². The van der Waals surface area contributed by atoms with E-state index in [0.717, 1.165) is 22.5 Å². The zero-order valence-electron chi connectivity index (χ0n) is 16.5. The third-order valence-corrected chi connectivity index (χ3v) is 5.78. The van der Waals surface area contributed by atoms with Crippen molar-refractivity contribution in [3.8, 4) is 5.69 Å². The minimum Gasteiger partial charge on any atom is -0.318 e. The van der Waals surface area contributed by atoms with Crippen LogP contribution in [0.15, 0.2) is 91.1 Å². The van der Waals surface area contributed by atoms with Crippen molar-refractivity contribution in [2.45, 2.75) is 12.6 Å². The highest BCUT2D eigenvalue weighted by Gasteiger charge is 2.33. The molecule has 0 unspecified atom stereocenters. The predicted molar refractivity (Wildman–Crippen MR) is 120 cm³/mol. The van der Waals surface area contributed by atoms with Crippen LogP contribution in [-0.4, -0.2) is 15.5 Å². The Hall–Kier alpha value is -3.57. The average Bonchev–Trinajstić information content (AvgIpc) is 3.20. The number of hydrogen-bond acceptors (Lipinski definition) is 1. The lowest BCUT2D eigenvalue weighted by Crippen LogP contribution is -2.38. The summed E-state index contributed by atoms with van der Waals surface area (Å²) in [5, 5.41) is 3.37. The van der Waals surface area contributed by atoms with E-state index in [9.17, 15) is 9.18 Å². The highest BCUT2D eigenvalue weighted by atomic mass is 35.5. The summed E-state index contributed by atoms with van der Waals surface area (Å²) in [4.78, 5) is 15.2. The number of amides is 2. The van der Waals surface area contributed by atoms with Crippen molar-refractivity contribution in [2.24, 2.45) is 0 Å². The average molecular weight is 432 g/mol. The summed E-state index contributed by atoms with van der Waals surface area (Å²) in [6.45, 7) is 0.367. The Kier molecular flexibility index (Phi) is 4.96. The molecule has 3 aromatic carbocycles. The molecule has 5 rings (SSSR count). The van der Waals surface area contributed by atoms with Crippen molar-refractivity contribution >= 4 is 23.3 Å². The number of anilines is 1. The maximum atomic E-state index is 14.2. The van der Waals surface area contributed by atoms with Crippen LogP contribution in [0.5, 0.6) is 0 Å². The SMILES string of the molecule is O=C(Nc1ccccc1F)N1Cc2ccccc2-n2cccc2[C@@H]1c1ccc(Cl)cc1. The molecule has 6 heteroatoms. The molecule has 4 aromatic rings. The van der Waals surface area contributed by atoms with Crippen molar-refractivity contribution in [1.29, 1.82) is 0 Å². The lowest BCUT2D eigenvalue weighted by molar-refractivity contribution is 0.194. The summed E-state index contributed by atoms with van der Waals surface area (Å²) in [7, 11) is 0. The summed E-state index contributed by atoms with van der Waals surface area (Å²) >= 11 is 6.12. The molecule has 0 saturated heterocycles. The topological polar surface area (TPSA) is 37.3 Å². The van der Waals surface area contributed by atoms with Gasteiger partial charge in [-0.1, -0.05) is 54.1 Å². The molecule has 31 heavy (non-hydrogen) atoms. The highest BCUT2D eigenvalue weighted by molar-refractivity contribution is 6.30. The molecule has 0 bridgehead atoms. The van der Waals surface area contributed by atoms with Gasteiger partial charge in [0.1, 0.15) is 5.82 Å². The number of rotatable bonds is 2. The molecular formula is C25H19ClFN3O. The molecular weight excluding hydrogens is 413 g/mol. The van der Waals surface area contributed by atoms with Crippen molar-refractivity contribution in [3.05, 3.63) is 119 Å². The Morgan fingerprint density at radius 2 is 1.68 bits per heavy atom. The van der Waals surface area contributed by atoms with E-state index in [-0.39, 0.29) is 17.8 Å². The Morgan fingerprint density at radius 3 is 2.48 bits per heavy atom. The molecule has 2 heterocycles. The minimum absolute atomic E-state index is 0.148. The van der Waals surface area contributed by atoms with Crippen LogP contribution in [-0.2, 0) is 6.54 Å². The fourth-order valence-corrected chi connectivity index (χ4v) is 4.21. The molecule has 1 aliphatic heterocycles. The first-order chi connectivity index (χ1) is 15.1. The number of urea groups is 1. The van der Waals surface area contributed by atoms with Gasteiger partial charge in [0, 0.05) is 16.9 Å². The summed E-state index contributed by atoms with van der Waals surface area (Å²) in [6, 6.07) is 24.8.